The Kier molecular flexibility index (Phi) is 6.48. The van der Waals surface area contributed by atoms with E-state index in [-0.39, 0.29) is 16.0 Å². The Balaban J connectivity index is 1.65. The molecular weight excluding hydrogens is 567 g/mol. The van der Waals surface area contributed by atoms with Gasteiger partial charge in [-0.15, -0.1) is 0 Å². The normalized spacial score (nSPS) is 19.9. The maximum Gasteiger partial charge on any atom is 0.269 e. The number of aliphatic imine (C=N–C) groups is 1. The first-order valence-corrected chi connectivity index (χ1v) is 16.2. The highest BCUT2D eigenvalue weighted by Gasteiger charge is 2.47. The van der Waals surface area contributed by atoms with Crippen LogP contribution in [0.1, 0.15) is 25.1 Å². The monoisotopic (exact) mass is 598 g/mol. The van der Waals surface area contributed by atoms with Crippen molar-refractivity contribution in [3.8, 4) is 5.69 Å². The van der Waals surface area contributed by atoms with Gasteiger partial charge in [-0.25, -0.2) is 9.67 Å². The fraction of sp³-hybridized carbons (Fsp3) is 0.143. The first-order valence-electron chi connectivity index (χ1n) is 14.4. The van der Waals surface area contributed by atoms with Crippen molar-refractivity contribution in [1.29, 1.82) is 0 Å². The molecule has 0 bridgehead atoms. The molecule has 0 aliphatic carbocycles. The lowest BCUT2D eigenvalue weighted by molar-refractivity contribution is -0.384. The molecule has 0 amide bonds. The zero-order valence-corrected chi connectivity index (χ0v) is 25.8. The van der Waals surface area contributed by atoms with Gasteiger partial charge >= 0.3 is 0 Å². The maximum atomic E-state index is 11.5. The molecule has 4 aromatic carbocycles. The number of rotatable bonds is 4. The second-order valence-electron chi connectivity index (χ2n) is 11.5. The van der Waals surface area contributed by atoms with Crippen LogP contribution in [0.3, 0.4) is 0 Å². The molecule has 2 aliphatic heterocycles. The Morgan fingerprint density at radius 2 is 1.50 bits per heavy atom. The van der Waals surface area contributed by atoms with E-state index in [4.69, 9.17) is 14.8 Å². The fourth-order valence-electron chi connectivity index (χ4n) is 6.63. The summed E-state index contributed by atoms with van der Waals surface area (Å²) >= 11 is 0. The Morgan fingerprint density at radius 3 is 2.16 bits per heavy atom. The lowest BCUT2D eigenvalue weighted by Gasteiger charge is -2.35. The van der Waals surface area contributed by atoms with E-state index in [1.54, 1.807) is 12.1 Å². The van der Waals surface area contributed by atoms with Gasteiger partial charge in [-0.05, 0) is 42.8 Å². The van der Waals surface area contributed by atoms with Crippen LogP contribution in [0.15, 0.2) is 130 Å². The summed E-state index contributed by atoms with van der Waals surface area (Å²) < 4.78 is 7.58. The Labute approximate surface area is 256 Å². The van der Waals surface area contributed by atoms with Gasteiger partial charge in [-0.1, -0.05) is 80.6 Å². The number of allylic oxidation sites excluding steroid dienone is 2. The van der Waals surface area contributed by atoms with Gasteiger partial charge in [0.05, 0.1) is 34.4 Å². The van der Waals surface area contributed by atoms with Gasteiger partial charge in [0.1, 0.15) is 0 Å². The lowest BCUT2D eigenvalue weighted by atomic mass is 9.84. The van der Waals surface area contributed by atoms with Crippen LogP contribution in [0.5, 0.6) is 0 Å². The summed E-state index contributed by atoms with van der Waals surface area (Å²) in [5, 5.41) is 19.7. The van der Waals surface area contributed by atoms with Gasteiger partial charge in [0, 0.05) is 52.8 Å². The highest BCUT2D eigenvalue weighted by Crippen LogP contribution is 2.64. The van der Waals surface area contributed by atoms with E-state index in [0.717, 1.165) is 44.5 Å². The quantitative estimate of drug-likeness (QED) is 0.119. The second kappa shape index (κ2) is 10.3. The lowest BCUT2D eigenvalue weighted by Crippen LogP contribution is -2.30. The smallest absolute Gasteiger partial charge is 0.269 e. The highest BCUT2D eigenvalue weighted by molar-refractivity contribution is 7.86. The molecular formula is C35H31N6O2P. The molecule has 9 heteroatoms. The van der Waals surface area contributed by atoms with E-state index in [0.29, 0.717) is 5.69 Å². The summed E-state index contributed by atoms with van der Waals surface area (Å²) in [5.74, 6) is 0.747. The van der Waals surface area contributed by atoms with E-state index in [1.807, 2.05) is 66.4 Å². The van der Waals surface area contributed by atoms with Crippen LogP contribution < -0.4 is 15.5 Å². The molecule has 0 saturated carbocycles. The summed E-state index contributed by atoms with van der Waals surface area (Å²) in [6.45, 7) is 6.54. The molecule has 0 fully saturated rings. The minimum Gasteiger partial charge on any atom is -0.346 e. The zero-order chi connectivity index (χ0) is 30.6. The molecule has 0 saturated heterocycles. The third-order valence-electron chi connectivity index (χ3n) is 8.55. The summed E-state index contributed by atoms with van der Waals surface area (Å²) in [4.78, 5) is 18.6. The van der Waals surface area contributed by atoms with Crippen molar-refractivity contribution in [1.82, 2.24) is 9.78 Å². The average Bonchev–Trinajstić information content (AvgIpc) is 3.49. The molecule has 1 aromatic heterocycles. The summed E-state index contributed by atoms with van der Waals surface area (Å²) in [6.07, 6.45) is 2.00. The van der Waals surface area contributed by atoms with E-state index in [9.17, 15) is 10.1 Å². The number of benzene rings is 4. The van der Waals surface area contributed by atoms with Crippen LogP contribution >= 0.6 is 7.05 Å². The molecule has 0 spiro atoms. The predicted octanol–water partition coefficient (Wildman–Crippen LogP) is 7.93. The topological polar surface area (TPSA) is 88.9 Å². The number of aromatic nitrogens is 2. The summed E-state index contributed by atoms with van der Waals surface area (Å²) in [6, 6.07) is 35.4. The summed E-state index contributed by atoms with van der Waals surface area (Å²) in [5.41, 5.74) is 5.62. The number of nitro groups is 1. The van der Waals surface area contributed by atoms with Crippen molar-refractivity contribution >= 4 is 46.8 Å². The Morgan fingerprint density at radius 1 is 0.864 bits per heavy atom. The summed E-state index contributed by atoms with van der Waals surface area (Å²) in [7, 11) is -0.759. The van der Waals surface area contributed by atoms with Gasteiger partial charge in [-0.2, -0.15) is 5.10 Å². The van der Waals surface area contributed by atoms with Gasteiger partial charge in [0.25, 0.3) is 5.69 Å². The number of non-ortho nitro benzene ring substituents is 1. The van der Waals surface area contributed by atoms with Crippen LogP contribution in [-0.4, -0.2) is 28.0 Å². The number of aryl methyl sites for hydroxylation is 1. The average molecular weight is 599 g/mol. The molecule has 1 atom stereocenters. The minimum atomic E-state index is -2.88. The van der Waals surface area contributed by atoms with Gasteiger partial charge in [0.2, 0.25) is 0 Å². The second-order valence-corrected chi connectivity index (χ2v) is 14.5. The van der Waals surface area contributed by atoms with E-state index >= 15 is 0 Å². The highest BCUT2D eigenvalue weighted by atomic mass is 31.2. The maximum absolute atomic E-state index is 11.5. The van der Waals surface area contributed by atoms with E-state index in [2.05, 4.69) is 62.2 Å². The van der Waals surface area contributed by atoms with Crippen LogP contribution in [0.2, 0.25) is 0 Å². The standard InChI is InChI=1S/C35H31N6O2P/c1-24-32-34(40(37-24)26-13-7-5-8-14-26)36-23-31(33-35(2,3)29-17-11-12-18-30(29)39(33)4)44(32,28-15-9-6-10-16-28)38-25-19-21-27(22-20-25)41(42)43/h5-23H,1-4H3/b33-31+/t44-/m1/s1. The SMILES string of the molecule is Cc1nn(-c2ccccc2)c2c1[P@@](=Nc1ccc([N+](=O)[O-])cc1)(c1ccccc1)/C(=C1/N(C)c3ccccc3C1(C)C)C=N2. The van der Waals surface area contributed by atoms with Gasteiger partial charge < -0.3 is 4.90 Å². The van der Waals surface area contributed by atoms with Crippen molar-refractivity contribution in [3.63, 3.8) is 0 Å². The number of fused-ring (bicyclic) bond motifs is 2. The van der Waals surface area contributed by atoms with Crippen molar-refractivity contribution < 1.29 is 4.92 Å². The van der Waals surface area contributed by atoms with Gasteiger partial charge in [-0.3, -0.25) is 14.9 Å². The van der Waals surface area contributed by atoms with Crippen molar-refractivity contribution in [3.05, 3.63) is 142 Å². The number of nitrogens with zero attached hydrogens (tertiary/aromatic N) is 6. The molecule has 218 valence electrons. The number of hydrogen-bond donors (Lipinski definition) is 0. The number of hydrogen-bond acceptors (Lipinski definition) is 6. The molecule has 8 nitrogen and oxygen atoms in total. The first-order chi connectivity index (χ1) is 21.2. The van der Waals surface area contributed by atoms with Crippen molar-refractivity contribution in [2.75, 3.05) is 11.9 Å². The number of para-hydroxylation sites is 2. The molecule has 0 unspecified atom stereocenters. The number of anilines is 1. The molecule has 7 rings (SSSR count). The van der Waals surface area contributed by atoms with Gasteiger partial charge in [0.15, 0.2) is 5.82 Å². The van der Waals surface area contributed by atoms with Crippen molar-refractivity contribution in [2.45, 2.75) is 26.2 Å². The minimum absolute atomic E-state index is 0.0284. The largest absolute Gasteiger partial charge is 0.346 e. The van der Waals surface area contributed by atoms with Crippen molar-refractivity contribution in [2.24, 2.45) is 9.74 Å². The molecule has 0 radical (unpaired) electrons. The third kappa shape index (κ3) is 4.09. The predicted molar refractivity (Wildman–Crippen MR) is 179 cm³/mol. The Hall–Kier alpha value is -5.07. The first kappa shape index (κ1) is 27.7. The zero-order valence-electron chi connectivity index (χ0n) is 24.9. The van der Waals surface area contributed by atoms with Crippen LogP contribution in [-0.2, 0) is 5.41 Å². The van der Waals surface area contributed by atoms with Crippen LogP contribution in [0.25, 0.3) is 5.69 Å². The van der Waals surface area contributed by atoms with Crippen LogP contribution in [0, 0.1) is 17.0 Å². The molecule has 2 aliphatic rings. The Bertz CT molecular complexity index is 2040. The number of likely N-dealkylation sites (N-methyl/N-ethyl adjacent to an activating group) is 1. The fourth-order valence-corrected chi connectivity index (χ4v) is 10.7. The molecule has 3 heterocycles. The molecule has 0 N–H and O–H groups in total. The van der Waals surface area contributed by atoms with E-state index in [1.165, 1.54) is 17.7 Å². The van der Waals surface area contributed by atoms with Crippen LogP contribution in [0.4, 0.5) is 22.9 Å². The molecule has 44 heavy (non-hydrogen) atoms. The third-order valence-corrected chi connectivity index (χ3v) is 12.3. The molecule has 5 aromatic rings. The van der Waals surface area contributed by atoms with E-state index < -0.39 is 7.05 Å². The number of nitro benzene ring substituents is 1.